The maximum Gasteiger partial charge on any atom is 0.0647 e. The Balaban J connectivity index is 2.50. The van der Waals surface area contributed by atoms with Crippen molar-refractivity contribution in [3.05, 3.63) is 20.8 Å². The normalized spacial score (nSPS) is 14.2. The van der Waals surface area contributed by atoms with E-state index in [0.717, 1.165) is 4.47 Å². The Morgan fingerprint density at radius 2 is 2.27 bits per heavy atom. The van der Waals surface area contributed by atoms with Gasteiger partial charge in [-0.1, -0.05) is 0 Å². The molecule has 0 fully saturated rings. The first kappa shape index (κ1) is 13.2. The standard InChI is InChI=1S/C11H17BrO2S/c1-11(2,14-3)7-8(13)6-10-9(12)4-5-15-10/h4-5,8,13H,6-7H2,1-3H3. The van der Waals surface area contributed by atoms with Gasteiger partial charge in [-0.3, -0.25) is 0 Å². The molecule has 0 aliphatic carbocycles. The second-order valence-electron chi connectivity index (χ2n) is 4.22. The lowest BCUT2D eigenvalue weighted by molar-refractivity contribution is -0.0189. The molecule has 15 heavy (non-hydrogen) atoms. The summed E-state index contributed by atoms with van der Waals surface area (Å²) in [5, 5.41) is 11.9. The van der Waals surface area contributed by atoms with E-state index in [1.165, 1.54) is 4.88 Å². The third-order valence-electron chi connectivity index (χ3n) is 2.39. The van der Waals surface area contributed by atoms with Crippen LogP contribution in [0.5, 0.6) is 0 Å². The molecule has 1 atom stereocenters. The van der Waals surface area contributed by atoms with Gasteiger partial charge in [-0.15, -0.1) is 11.3 Å². The quantitative estimate of drug-likeness (QED) is 0.903. The van der Waals surface area contributed by atoms with Gasteiger partial charge in [0.1, 0.15) is 0 Å². The van der Waals surface area contributed by atoms with Crippen LogP contribution in [0.25, 0.3) is 0 Å². The van der Waals surface area contributed by atoms with Gasteiger partial charge in [0.2, 0.25) is 0 Å². The van der Waals surface area contributed by atoms with Gasteiger partial charge in [0.05, 0.1) is 11.7 Å². The van der Waals surface area contributed by atoms with Crippen molar-refractivity contribution in [3.63, 3.8) is 0 Å². The molecular weight excluding hydrogens is 276 g/mol. The highest BCUT2D eigenvalue weighted by atomic mass is 79.9. The smallest absolute Gasteiger partial charge is 0.0647 e. The van der Waals surface area contributed by atoms with Crippen LogP contribution in [0, 0.1) is 0 Å². The molecule has 0 saturated carbocycles. The molecule has 1 heterocycles. The maximum atomic E-state index is 9.92. The molecule has 2 nitrogen and oxygen atoms in total. The zero-order valence-corrected chi connectivity index (χ0v) is 11.7. The predicted molar refractivity (Wildman–Crippen MR) is 67.4 cm³/mol. The largest absolute Gasteiger partial charge is 0.393 e. The molecule has 4 heteroatoms. The number of hydrogen-bond acceptors (Lipinski definition) is 3. The molecule has 0 aliphatic rings. The molecule has 0 saturated heterocycles. The lowest BCUT2D eigenvalue weighted by Gasteiger charge is -2.25. The Hall–Kier alpha value is 0.100. The van der Waals surface area contributed by atoms with E-state index in [9.17, 15) is 5.11 Å². The highest BCUT2D eigenvalue weighted by Gasteiger charge is 2.22. The van der Waals surface area contributed by atoms with Crippen LogP contribution in [-0.4, -0.2) is 23.9 Å². The molecule has 0 aromatic carbocycles. The monoisotopic (exact) mass is 292 g/mol. The maximum absolute atomic E-state index is 9.92. The van der Waals surface area contributed by atoms with E-state index in [1.54, 1.807) is 18.4 Å². The minimum absolute atomic E-state index is 0.261. The van der Waals surface area contributed by atoms with Crippen LogP contribution in [0.4, 0.5) is 0 Å². The van der Waals surface area contributed by atoms with E-state index in [2.05, 4.69) is 15.9 Å². The molecule has 1 rings (SSSR count). The van der Waals surface area contributed by atoms with Crippen LogP contribution in [0.15, 0.2) is 15.9 Å². The molecule has 1 aromatic rings. The summed E-state index contributed by atoms with van der Waals surface area (Å²) >= 11 is 5.12. The molecular formula is C11H17BrO2S. The summed E-state index contributed by atoms with van der Waals surface area (Å²) in [6.45, 7) is 3.97. The molecule has 1 unspecified atom stereocenters. The zero-order valence-electron chi connectivity index (χ0n) is 9.29. The highest BCUT2D eigenvalue weighted by molar-refractivity contribution is 9.10. The number of thiophene rings is 1. The van der Waals surface area contributed by atoms with E-state index in [1.807, 2.05) is 25.3 Å². The third kappa shape index (κ3) is 4.23. The number of ether oxygens (including phenoxy) is 1. The summed E-state index contributed by atoms with van der Waals surface area (Å²) in [7, 11) is 1.67. The van der Waals surface area contributed by atoms with Crippen molar-refractivity contribution in [1.29, 1.82) is 0 Å². The lowest BCUT2D eigenvalue weighted by Crippen LogP contribution is -2.29. The molecule has 1 N–H and O–H groups in total. The Morgan fingerprint density at radius 3 is 2.73 bits per heavy atom. The first-order chi connectivity index (χ1) is 6.94. The average molecular weight is 293 g/mol. The fourth-order valence-electron chi connectivity index (χ4n) is 1.41. The highest BCUT2D eigenvalue weighted by Crippen LogP contribution is 2.26. The lowest BCUT2D eigenvalue weighted by atomic mass is 9.98. The van der Waals surface area contributed by atoms with Crippen LogP contribution in [-0.2, 0) is 11.2 Å². The van der Waals surface area contributed by atoms with Crippen LogP contribution in [0.3, 0.4) is 0 Å². The number of hydrogen-bond donors (Lipinski definition) is 1. The summed E-state index contributed by atoms with van der Waals surface area (Å²) in [6, 6.07) is 2.01. The SMILES string of the molecule is COC(C)(C)CC(O)Cc1sccc1Br. The van der Waals surface area contributed by atoms with Crippen molar-refractivity contribution in [2.75, 3.05) is 7.11 Å². The van der Waals surface area contributed by atoms with Gasteiger partial charge in [-0.05, 0) is 41.2 Å². The molecule has 1 aromatic heterocycles. The second-order valence-corrected chi connectivity index (χ2v) is 6.07. The fourth-order valence-corrected chi connectivity index (χ4v) is 2.99. The minimum atomic E-state index is -0.352. The topological polar surface area (TPSA) is 29.5 Å². The van der Waals surface area contributed by atoms with Crippen molar-refractivity contribution in [2.45, 2.75) is 38.4 Å². The predicted octanol–water partition coefficient (Wildman–Crippen LogP) is 3.23. The summed E-state index contributed by atoms with van der Waals surface area (Å²) in [5.74, 6) is 0. The van der Waals surface area contributed by atoms with Crippen molar-refractivity contribution < 1.29 is 9.84 Å². The number of methoxy groups -OCH3 is 1. The number of aliphatic hydroxyl groups excluding tert-OH is 1. The fraction of sp³-hybridized carbons (Fsp3) is 0.636. The molecule has 0 bridgehead atoms. The van der Waals surface area contributed by atoms with Crippen molar-refractivity contribution >= 4 is 27.3 Å². The molecule has 0 amide bonds. The summed E-state index contributed by atoms with van der Waals surface area (Å²) < 4.78 is 6.37. The minimum Gasteiger partial charge on any atom is -0.393 e. The van der Waals surface area contributed by atoms with E-state index in [4.69, 9.17) is 4.74 Å². The van der Waals surface area contributed by atoms with Crippen molar-refractivity contribution in [3.8, 4) is 0 Å². The Bertz CT molecular complexity index is 309. The molecule has 0 spiro atoms. The van der Waals surface area contributed by atoms with E-state index < -0.39 is 0 Å². The second kappa shape index (κ2) is 5.43. The molecule has 86 valence electrons. The third-order valence-corrected chi connectivity index (χ3v) is 4.34. The van der Waals surface area contributed by atoms with E-state index >= 15 is 0 Å². The van der Waals surface area contributed by atoms with Gasteiger partial charge in [-0.25, -0.2) is 0 Å². The number of halogens is 1. The summed E-state index contributed by atoms with van der Waals surface area (Å²) in [5.41, 5.74) is -0.261. The Kier molecular flexibility index (Phi) is 4.77. The van der Waals surface area contributed by atoms with Gasteiger partial charge >= 0.3 is 0 Å². The van der Waals surface area contributed by atoms with Crippen LogP contribution >= 0.6 is 27.3 Å². The first-order valence-electron chi connectivity index (χ1n) is 4.89. The first-order valence-corrected chi connectivity index (χ1v) is 6.57. The van der Waals surface area contributed by atoms with Gasteiger partial charge in [0.15, 0.2) is 0 Å². The van der Waals surface area contributed by atoms with Gasteiger partial charge in [0.25, 0.3) is 0 Å². The molecule has 0 aliphatic heterocycles. The molecule has 0 radical (unpaired) electrons. The van der Waals surface area contributed by atoms with Crippen molar-refractivity contribution in [2.24, 2.45) is 0 Å². The zero-order chi connectivity index (χ0) is 11.5. The van der Waals surface area contributed by atoms with Gasteiger partial charge in [0, 0.05) is 29.3 Å². The Labute approximate surface area is 103 Å². The van der Waals surface area contributed by atoms with E-state index in [0.29, 0.717) is 12.8 Å². The van der Waals surface area contributed by atoms with Crippen molar-refractivity contribution in [1.82, 2.24) is 0 Å². The Morgan fingerprint density at radius 1 is 1.60 bits per heavy atom. The van der Waals surface area contributed by atoms with Gasteiger partial charge in [-0.2, -0.15) is 0 Å². The van der Waals surface area contributed by atoms with Crippen LogP contribution in [0.2, 0.25) is 0 Å². The van der Waals surface area contributed by atoms with Crippen LogP contribution < -0.4 is 0 Å². The summed E-state index contributed by atoms with van der Waals surface area (Å²) in [6.07, 6.45) is 0.980. The number of rotatable bonds is 5. The van der Waals surface area contributed by atoms with E-state index in [-0.39, 0.29) is 11.7 Å². The van der Waals surface area contributed by atoms with Crippen LogP contribution in [0.1, 0.15) is 25.1 Å². The summed E-state index contributed by atoms with van der Waals surface area (Å²) in [4.78, 5) is 1.19. The number of aliphatic hydroxyl groups is 1. The average Bonchev–Trinajstić information content (AvgIpc) is 2.51. The van der Waals surface area contributed by atoms with Gasteiger partial charge < -0.3 is 9.84 Å².